The quantitative estimate of drug-likeness (QED) is 0.661. The molecule has 27 heavy (non-hydrogen) atoms. The van der Waals surface area contributed by atoms with E-state index in [1.54, 1.807) is 0 Å². The van der Waals surface area contributed by atoms with Crippen LogP contribution in [0, 0.1) is 6.92 Å². The highest BCUT2D eigenvalue weighted by Crippen LogP contribution is 2.25. The van der Waals surface area contributed by atoms with Crippen molar-refractivity contribution in [3.8, 4) is 0 Å². The third-order valence-electron chi connectivity index (χ3n) is 5.87. The fraction of sp³-hybridized carbons (Fsp3) is 0.773. The highest BCUT2D eigenvalue weighted by molar-refractivity contribution is 5.11. The third-order valence-corrected chi connectivity index (χ3v) is 5.87. The molecule has 0 aromatic carbocycles. The topological polar surface area (TPSA) is 23.9 Å². The van der Waals surface area contributed by atoms with Gasteiger partial charge in [-0.2, -0.15) is 0 Å². The molecule has 0 saturated carbocycles. The van der Waals surface area contributed by atoms with Gasteiger partial charge < -0.3 is 19.1 Å². The van der Waals surface area contributed by atoms with Crippen molar-refractivity contribution in [2.24, 2.45) is 0 Å². The predicted octanol–water partition coefficient (Wildman–Crippen LogP) is 3.24. The summed E-state index contributed by atoms with van der Waals surface area (Å²) in [4.78, 5) is 7.32. The van der Waals surface area contributed by atoms with Crippen molar-refractivity contribution >= 4 is 0 Å². The molecule has 1 radical (unpaired) electrons. The van der Waals surface area contributed by atoms with Gasteiger partial charge in [0, 0.05) is 38.6 Å². The van der Waals surface area contributed by atoms with Crippen LogP contribution < -0.4 is 0 Å². The van der Waals surface area contributed by atoms with Crippen LogP contribution in [0.2, 0.25) is 0 Å². The number of piperidine rings is 2. The summed E-state index contributed by atoms with van der Waals surface area (Å²) in [7, 11) is 4.24. The molecule has 2 aliphatic rings. The molecule has 2 unspecified atom stereocenters. The van der Waals surface area contributed by atoms with Crippen LogP contribution in [0.25, 0.3) is 0 Å². The minimum Gasteiger partial charge on any atom is -0.373 e. The van der Waals surface area contributed by atoms with Gasteiger partial charge in [-0.15, -0.1) is 0 Å². The summed E-state index contributed by atoms with van der Waals surface area (Å²) in [6.45, 7) is 12.0. The molecule has 2 aliphatic heterocycles. The van der Waals surface area contributed by atoms with Gasteiger partial charge in [0.1, 0.15) is 6.17 Å². The Bertz CT molecular complexity index is 532. The number of aromatic nitrogens is 1. The van der Waals surface area contributed by atoms with Crippen LogP contribution in [0.15, 0.2) is 18.5 Å². The Kier molecular flexibility index (Phi) is 8.19. The smallest absolute Gasteiger partial charge is 0.112 e. The van der Waals surface area contributed by atoms with Gasteiger partial charge in [0.05, 0.1) is 12.7 Å². The van der Waals surface area contributed by atoms with Crippen molar-refractivity contribution in [2.45, 2.75) is 57.3 Å². The standard InChI is InChI=1S/C22H39N4O/c1-20(27-17-16-24-11-6-4-7-12-24)22(25-13-8-5-9-14-25)26-15-10-21(19-26)18-23(2)3/h10,15,19-20,22H,1,4-9,11-14,16-18H2,2-3H3. The minimum atomic E-state index is -0.0486. The average molecular weight is 376 g/mol. The van der Waals surface area contributed by atoms with E-state index in [0.717, 1.165) is 32.8 Å². The van der Waals surface area contributed by atoms with Crippen LogP contribution in [-0.4, -0.2) is 78.8 Å². The van der Waals surface area contributed by atoms with Crippen LogP contribution in [0.1, 0.15) is 50.3 Å². The van der Waals surface area contributed by atoms with E-state index >= 15 is 0 Å². The number of hydrogen-bond donors (Lipinski definition) is 0. The Labute approximate surface area is 166 Å². The van der Waals surface area contributed by atoms with E-state index in [0.29, 0.717) is 0 Å². The monoisotopic (exact) mass is 375 g/mol. The SMILES string of the molecule is [CH2]C(OCCN1CCCCC1)C(N1CCCCC1)n1ccc(CN(C)C)c1. The lowest BCUT2D eigenvalue weighted by Gasteiger charge is -2.39. The van der Waals surface area contributed by atoms with Gasteiger partial charge in [0.25, 0.3) is 0 Å². The zero-order chi connectivity index (χ0) is 19.1. The first-order valence-corrected chi connectivity index (χ1v) is 10.9. The van der Waals surface area contributed by atoms with Crippen LogP contribution in [0.4, 0.5) is 0 Å². The van der Waals surface area contributed by atoms with E-state index < -0.39 is 0 Å². The Hall–Kier alpha value is -0.880. The van der Waals surface area contributed by atoms with E-state index in [2.05, 4.69) is 58.7 Å². The van der Waals surface area contributed by atoms with Gasteiger partial charge in [0.2, 0.25) is 0 Å². The lowest BCUT2D eigenvalue weighted by atomic mass is 10.1. The van der Waals surface area contributed by atoms with Gasteiger partial charge >= 0.3 is 0 Å². The number of ether oxygens (including phenoxy) is 1. The zero-order valence-electron chi connectivity index (χ0n) is 17.5. The largest absolute Gasteiger partial charge is 0.373 e. The van der Waals surface area contributed by atoms with Gasteiger partial charge in [-0.3, -0.25) is 4.90 Å². The lowest BCUT2D eigenvalue weighted by molar-refractivity contribution is -0.0332. The number of nitrogens with zero attached hydrogens (tertiary/aromatic N) is 4. The van der Waals surface area contributed by atoms with Crippen molar-refractivity contribution in [3.63, 3.8) is 0 Å². The normalized spacial score (nSPS) is 22.2. The van der Waals surface area contributed by atoms with Gasteiger partial charge in [-0.25, -0.2) is 0 Å². The van der Waals surface area contributed by atoms with Crippen molar-refractivity contribution in [3.05, 3.63) is 30.9 Å². The van der Waals surface area contributed by atoms with E-state index in [1.807, 2.05) is 0 Å². The second-order valence-corrected chi connectivity index (χ2v) is 8.53. The Morgan fingerprint density at radius 1 is 1.04 bits per heavy atom. The third kappa shape index (κ3) is 6.31. The molecule has 5 heteroatoms. The van der Waals surface area contributed by atoms with Crippen LogP contribution in [-0.2, 0) is 11.3 Å². The number of likely N-dealkylation sites (tertiary alicyclic amines) is 2. The fourth-order valence-electron chi connectivity index (χ4n) is 4.48. The summed E-state index contributed by atoms with van der Waals surface area (Å²) >= 11 is 0. The highest BCUT2D eigenvalue weighted by Gasteiger charge is 2.28. The molecule has 0 amide bonds. The molecule has 153 valence electrons. The summed E-state index contributed by atoms with van der Waals surface area (Å²) in [5, 5.41) is 0. The molecule has 0 bridgehead atoms. The first-order chi connectivity index (χ1) is 13.1. The van der Waals surface area contributed by atoms with E-state index in [-0.39, 0.29) is 12.3 Å². The minimum absolute atomic E-state index is 0.0486. The molecule has 2 fully saturated rings. The van der Waals surface area contributed by atoms with Gasteiger partial charge in [0.15, 0.2) is 0 Å². The molecule has 0 spiro atoms. The molecule has 0 N–H and O–H groups in total. The number of hydrogen-bond acceptors (Lipinski definition) is 4. The van der Waals surface area contributed by atoms with Gasteiger partial charge in [-0.05, 0) is 71.4 Å². The second kappa shape index (κ2) is 10.6. The zero-order valence-corrected chi connectivity index (χ0v) is 17.5. The van der Waals surface area contributed by atoms with Crippen molar-refractivity contribution in [2.75, 3.05) is 53.4 Å². The Morgan fingerprint density at radius 3 is 2.37 bits per heavy atom. The number of rotatable bonds is 9. The summed E-state index contributed by atoms with van der Waals surface area (Å²) in [6, 6.07) is 2.23. The molecule has 1 aromatic rings. The summed E-state index contributed by atoms with van der Waals surface area (Å²) < 4.78 is 8.62. The van der Waals surface area contributed by atoms with Crippen molar-refractivity contribution in [1.29, 1.82) is 0 Å². The van der Waals surface area contributed by atoms with Crippen molar-refractivity contribution in [1.82, 2.24) is 19.3 Å². The molecule has 3 heterocycles. The van der Waals surface area contributed by atoms with Crippen LogP contribution in [0.5, 0.6) is 0 Å². The maximum atomic E-state index is 6.28. The summed E-state index contributed by atoms with van der Waals surface area (Å²) in [5.41, 5.74) is 1.35. The first-order valence-electron chi connectivity index (χ1n) is 10.9. The second-order valence-electron chi connectivity index (χ2n) is 8.53. The molecule has 1 aromatic heterocycles. The van der Waals surface area contributed by atoms with Crippen molar-refractivity contribution < 1.29 is 4.74 Å². The summed E-state index contributed by atoms with van der Waals surface area (Å²) in [6.07, 6.45) is 12.6. The molecule has 2 atom stereocenters. The van der Waals surface area contributed by atoms with Gasteiger partial charge in [-0.1, -0.05) is 12.8 Å². The lowest BCUT2D eigenvalue weighted by Crippen LogP contribution is -2.43. The average Bonchev–Trinajstić information content (AvgIpc) is 3.11. The fourth-order valence-corrected chi connectivity index (χ4v) is 4.48. The Balaban J connectivity index is 1.60. The van der Waals surface area contributed by atoms with Crippen LogP contribution in [0.3, 0.4) is 0 Å². The molecule has 2 saturated heterocycles. The van der Waals surface area contributed by atoms with E-state index in [9.17, 15) is 0 Å². The Morgan fingerprint density at radius 2 is 1.70 bits per heavy atom. The van der Waals surface area contributed by atoms with Crippen LogP contribution >= 0.6 is 0 Å². The maximum Gasteiger partial charge on any atom is 0.112 e. The molecule has 5 nitrogen and oxygen atoms in total. The molecule has 3 rings (SSSR count). The van der Waals surface area contributed by atoms with E-state index in [1.165, 1.54) is 57.2 Å². The predicted molar refractivity (Wildman–Crippen MR) is 112 cm³/mol. The van der Waals surface area contributed by atoms with E-state index in [4.69, 9.17) is 4.74 Å². The highest BCUT2D eigenvalue weighted by atomic mass is 16.5. The summed E-state index contributed by atoms with van der Waals surface area (Å²) in [5.74, 6) is 0. The molecular formula is C22H39N4O. The maximum absolute atomic E-state index is 6.28. The molecular weight excluding hydrogens is 336 g/mol. The first kappa shape index (κ1) is 20.8. The molecule has 0 aliphatic carbocycles.